The molecule has 1 N–H and O–H groups in total. The molecule has 0 saturated heterocycles. The molecule has 0 heterocycles. The van der Waals surface area contributed by atoms with Crippen LogP contribution in [0.5, 0.6) is 5.75 Å². The molecular formula is C14H10F2O3. The number of carbonyl (C=O) groups is 1. The zero-order valence-electron chi connectivity index (χ0n) is 9.77. The average Bonchev–Trinajstić information content (AvgIpc) is 2.40. The van der Waals surface area contributed by atoms with Crippen molar-refractivity contribution >= 4 is 5.97 Å². The van der Waals surface area contributed by atoms with E-state index < -0.39 is 17.6 Å². The lowest BCUT2D eigenvalue weighted by Crippen LogP contribution is -2.00. The van der Waals surface area contributed by atoms with Crippen LogP contribution in [-0.4, -0.2) is 11.1 Å². The van der Waals surface area contributed by atoms with Gasteiger partial charge in [-0.1, -0.05) is 12.1 Å². The van der Waals surface area contributed by atoms with Gasteiger partial charge in [0.15, 0.2) is 11.6 Å². The molecule has 0 unspecified atom stereocenters. The van der Waals surface area contributed by atoms with Crippen LogP contribution in [0, 0.1) is 11.6 Å². The SMILES string of the molecule is O=C(O)c1ccc(COc2cc(F)ccc2F)cc1. The second-order valence-corrected chi connectivity index (χ2v) is 3.87. The molecule has 0 bridgehead atoms. The molecule has 0 aromatic heterocycles. The first kappa shape index (κ1) is 13.0. The highest BCUT2D eigenvalue weighted by molar-refractivity contribution is 5.87. The van der Waals surface area contributed by atoms with Crippen LogP contribution in [0.25, 0.3) is 0 Å². The molecule has 0 saturated carbocycles. The summed E-state index contributed by atoms with van der Waals surface area (Å²) < 4.78 is 31.3. The minimum Gasteiger partial charge on any atom is -0.486 e. The summed E-state index contributed by atoms with van der Waals surface area (Å²) in [6.45, 7) is 0.0280. The molecule has 2 rings (SSSR count). The van der Waals surface area contributed by atoms with E-state index in [2.05, 4.69) is 0 Å². The lowest BCUT2D eigenvalue weighted by molar-refractivity contribution is 0.0697. The summed E-state index contributed by atoms with van der Waals surface area (Å²) in [6, 6.07) is 8.90. The van der Waals surface area contributed by atoms with E-state index in [0.717, 1.165) is 18.2 Å². The van der Waals surface area contributed by atoms with Crippen molar-refractivity contribution in [2.24, 2.45) is 0 Å². The molecule has 2 aromatic rings. The van der Waals surface area contributed by atoms with Crippen LogP contribution < -0.4 is 4.74 Å². The minimum absolute atomic E-state index is 0.0280. The van der Waals surface area contributed by atoms with Crippen molar-refractivity contribution < 1.29 is 23.4 Å². The largest absolute Gasteiger partial charge is 0.486 e. The molecule has 0 aliphatic rings. The van der Waals surface area contributed by atoms with Gasteiger partial charge in [0.25, 0.3) is 0 Å². The number of aromatic carboxylic acids is 1. The van der Waals surface area contributed by atoms with E-state index in [1.165, 1.54) is 12.1 Å². The van der Waals surface area contributed by atoms with Gasteiger partial charge in [0.1, 0.15) is 12.4 Å². The van der Waals surface area contributed by atoms with Crippen LogP contribution in [0.3, 0.4) is 0 Å². The summed E-state index contributed by atoms with van der Waals surface area (Å²) in [4.78, 5) is 10.7. The van der Waals surface area contributed by atoms with E-state index in [9.17, 15) is 13.6 Å². The van der Waals surface area contributed by atoms with Crippen LogP contribution >= 0.6 is 0 Å². The number of benzene rings is 2. The lowest BCUT2D eigenvalue weighted by Gasteiger charge is -2.07. The Kier molecular flexibility index (Phi) is 3.75. The Balaban J connectivity index is 2.06. The normalized spacial score (nSPS) is 10.2. The molecule has 0 spiro atoms. The van der Waals surface area contributed by atoms with Gasteiger partial charge in [0.2, 0.25) is 0 Å². The van der Waals surface area contributed by atoms with Gasteiger partial charge in [-0.05, 0) is 29.8 Å². The molecule has 3 nitrogen and oxygen atoms in total. The molecule has 19 heavy (non-hydrogen) atoms. The molecule has 0 aliphatic heterocycles. The molecular weight excluding hydrogens is 254 g/mol. The van der Waals surface area contributed by atoms with Gasteiger partial charge in [-0.2, -0.15) is 0 Å². The third-order valence-electron chi connectivity index (χ3n) is 2.49. The summed E-state index contributed by atoms with van der Waals surface area (Å²) in [7, 11) is 0. The number of carboxylic acid groups (broad SMARTS) is 1. The van der Waals surface area contributed by atoms with E-state index in [0.29, 0.717) is 5.56 Å². The number of hydrogen-bond acceptors (Lipinski definition) is 2. The number of carboxylic acids is 1. The molecule has 0 fully saturated rings. The van der Waals surface area contributed by atoms with Gasteiger partial charge in [0.05, 0.1) is 5.56 Å². The second-order valence-electron chi connectivity index (χ2n) is 3.87. The van der Waals surface area contributed by atoms with Crippen LogP contribution in [0.2, 0.25) is 0 Å². The molecule has 0 aliphatic carbocycles. The van der Waals surface area contributed by atoms with Crippen molar-refractivity contribution in [3.63, 3.8) is 0 Å². The highest BCUT2D eigenvalue weighted by Gasteiger charge is 2.06. The zero-order valence-corrected chi connectivity index (χ0v) is 9.77. The Bertz CT molecular complexity index is 594. The van der Waals surface area contributed by atoms with E-state index in [-0.39, 0.29) is 17.9 Å². The molecule has 5 heteroatoms. The maximum Gasteiger partial charge on any atom is 0.335 e. The van der Waals surface area contributed by atoms with Crippen LogP contribution in [-0.2, 0) is 6.61 Å². The Morgan fingerprint density at radius 3 is 2.42 bits per heavy atom. The summed E-state index contributed by atoms with van der Waals surface area (Å²) >= 11 is 0. The summed E-state index contributed by atoms with van der Waals surface area (Å²) in [6.07, 6.45) is 0. The van der Waals surface area contributed by atoms with Crippen LogP contribution in [0.4, 0.5) is 8.78 Å². The van der Waals surface area contributed by atoms with Gasteiger partial charge in [-0.3, -0.25) is 0 Å². The van der Waals surface area contributed by atoms with Crippen LogP contribution in [0.15, 0.2) is 42.5 Å². The standard InChI is InChI=1S/C14H10F2O3/c15-11-5-6-12(16)13(7-11)19-8-9-1-3-10(4-2-9)14(17)18/h1-7H,8H2,(H,17,18). The first-order valence-electron chi connectivity index (χ1n) is 5.46. The quantitative estimate of drug-likeness (QED) is 0.922. The lowest BCUT2D eigenvalue weighted by atomic mass is 10.1. The summed E-state index contributed by atoms with van der Waals surface area (Å²) in [5.74, 6) is -2.44. The molecule has 98 valence electrons. The van der Waals surface area contributed by atoms with Crippen molar-refractivity contribution in [1.29, 1.82) is 0 Å². The maximum absolute atomic E-state index is 13.3. The van der Waals surface area contributed by atoms with Crippen LogP contribution in [0.1, 0.15) is 15.9 Å². The van der Waals surface area contributed by atoms with Gasteiger partial charge in [0, 0.05) is 6.07 Å². The molecule has 2 aromatic carbocycles. The molecule has 0 atom stereocenters. The van der Waals surface area contributed by atoms with Crippen molar-refractivity contribution in [2.45, 2.75) is 6.61 Å². The van der Waals surface area contributed by atoms with Gasteiger partial charge >= 0.3 is 5.97 Å². The predicted octanol–water partition coefficient (Wildman–Crippen LogP) is 3.24. The van der Waals surface area contributed by atoms with Crippen molar-refractivity contribution in [1.82, 2.24) is 0 Å². The predicted molar refractivity (Wildman–Crippen MR) is 64.1 cm³/mol. The maximum atomic E-state index is 13.3. The third-order valence-corrected chi connectivity index (χ3v) is 2.49. The Hall–Kier alpha value is -2.43. The number of rotatable bonds is 4. The van der Waals surface area contributed by atoms with Gasteiger partial charge < -0.3 is 9.84 Å². The van der Waals surface area contributed by atoms with Crippen molar-refractivity contribution in [3.05, 3.63) is 65.2 Å². The number of ether oxygens (including phenoxy) is 1. The first-order chi connectivity index (χ1) is 9.06. The second kappa shape index (κ2) is 5.48. The van der Waals surface area contributed by atoms with Crippen molar-refractivity contribution in [3.8, 4) is 5.75 Å². The highest BCUT2D eigenvalue weighted by Crippen LogP contribution is 2.19. The average molecular weight is 264 g/mol. The number of hydrogen-bond donors (Lipinski definition) is 1. The van der Waals surface area contributed by atoms with E-state index in [4.69, 9.17) is 9.84 Å². The Labute approximate surface area is 108 Å². The van der Waals surface area contributed by atoms with Crippen molar-refractivity contribution in [2.75, 3.05) is 0 Å². The summed E-state index contributed by atoms with van der Waals surface area (Å²) in [5.41, 5.74) is 0.814. The fraction of sp³-hybridized carbons (Fsp3) is 0.0714. The number of halogens is 2. The molecule has 0 amide bonds. The smallest absolute Gasteiger partial charge is 0.335 e. The van der Waals surface area contributed by atoms with Gasteiger partial charge in [-0.25, -0.2) is 13.6 Å². The fourth-order valence-electron chi connectivity index (χ4n) is 1.49. The topological polar surface area (TPSA) is 46.5 Å². The minimum atomic E-state index is -1.02. The highest BCUT2D eigenvalue weighted by atomic mass is 19.1. The zero-order chi connectivity index (χ0) is 13.8. The monoisotopic (exact) mass is 264 g/mol. The fourth-order valence-corrected chi connectivity index (χ4v) is 1.49. The Morgan fingerprint density at radius 2 is 1.79 bits per heavy atom. The van der Waals surface area contributed by atoms with E-state index >= 15 is 0 Å². The summed E-state index contributed by atoms with van der Waals surface area (Å²) in [5, 5.41) is 8.73. The Morgan fingerprint density at radius 1 is 1.11 bits per heavy atom. The van der Waals surface area contributed by atoms with Gasteiger partial charge in [-0.15, -0.1) is 0 Å². The van der Waals surface area contributed by atoms with E-state index in [1.807, 2.05) is 0 Å². The van der Waals surface area contributed by atoms with E-state index in [1.54, 1.807) is 12.1 Å². The third kappa shape index (κ3) is 3.28. The first-order valence-corrected chi connectivity index (χ1v) is 5.46. The molecule has 0 radical (unpaired) electrons.